The minimum Gasteiger partial charge on any atom is -0.490 e. The molecule has 0 saturated carbocycles. The monoisotopic (exact) mass is 503 g/mol. The van der Waals surface area contributed by atoms with Gasteiger partial charge in [0.1, 0.15) is 0 Å². The number of ketones is 1. The molecular weight excluding hydrogens is 470 g/mol. The van der Waals surface area contributed by atoms with Crippen LogP contribution in [0.25, 0.3) is 0 Å². The molecule has 4 rings (SSSR count). The fourth-order valence-corrected chi connectivity index (χ4v) is 5.09. The molecule has 0 aromatic heterocycles. The summed E-state index contributed by atoms with van der Waals surface area (Å²) in [6.45, 7) is 8.93. The number of hydrogen-bond acceptors (Lipinski definition) is 7. The number of dihydropyridines is 1. The number of esters is 2. The van der Waals surface area contributed by atoms with Crippen molar-refractivity contribution in [1.29, 1.82) is 0 Å². The Labute approximate surface area is 217 Å². The highest BCUT2D eigenvalue weighted by atomic mass is 16.6. The molecule has 37 heavy (non-hydrogen) atoms. The standard InChI is InChI=1S/C30H33NO6/c1-6-35-26-16-21(12-13-25(26)37-19(5)32)28-27(30(34)36-17(2)3)18(4)31-23-14-22(15-24(33)29(23)28)20-10-8-7-9-11-20/h7-13,16-17,22,28,31H,6,14-15H2,1-5H3/t22-,28+/m0/s1. The largest absolute Gasteiger partial charge is 0.490 e. The quantitative estimate of drug-likeness (QED) is 0.404. The number of nitrogens with one attached hydrogen (secondary N) is 1. The van der Waals surface area contributed by atoms with Gasteiger partial charge in [-0.25, -0.2) is 4.79 Å². The third-order valence-corrected chi connectivity index (χ3v) is 6.52. The number of rotatable bonds is 7. The first-order chi connectivity index (χ1) is 17.7. The number of ether oxygens (including phenoxy) is 3. The first-order valence-corrected chi connectivity index (χ1v) is 12.6. The first kappa shape index (κ1) is 26.2. The fourth-order valence-electron chi connectivity index (χ4n) is 5.09. The van der Waals surface area contributed by atoms with Gasteiger partial charge in [-0.15, -0.1) is 0 Å². The normalized spacial score (nSPS) is 19.4. The minimum absolute atomic E-state index is 0.0167. The van der Waals surface area contributed by atoms with Gasteiger partial charge in [0.05, 0.1) is 18.3 Å². The lowest BCUT2D eigenvalue weighted by Gasteiger charge is -2.37. The van der Waals surface area contributed by atoms with Crippen LogP contribution in [0.1, 0.15) is 70.4 Å². The van der Waals surface area contributed by atoms with E-state index in [9.17, 15) is 14.4 Å². The van der Waals surface area contributed by atoms with Crippen LogP contribution in [0.4, 0.5) is 0 Å². The molecule has 1 heterocycles. The van der Waals surface area contributed by atoms with Crippen LogP contribution in [0.2, 0.25) is 0 Å². The highest BCUT2D eigenvalue weighted by molar-refractivity contribution is 6.04. The second-order valence-corrected chi connectivity index (χ2v) is 9.61. The molecule has 194 valence electrons. The fraction of sp³-hybridized carbons (Fsp3) is 0.367. The molecule has 1 aliphatic carbocycles. The van der Waals surface area contributed by atoms with E-state index >= 15 is 0 Å². The molecule has 7 nitrogen and oxygen atoms in total. The van der Waals surface area contributed by atoms with Crippen molar-refractivity contribution in [3.8, 4) is 11.5 Å². The van der Waals surface area contributed by atoms with Crippen LogP contribution in [0, 0.1) is 0 Å². The van der Waals surface area contributed by atoms with E-state index in [1.165, 1.54) is 6.92 Å². The van der Waals surface area contributed by atoms with E-state index in [2.05, 4.69) is 5.32 Å². The Kier molecular flexibility index (Phi) is 7.81. The van der Waals surface area contributed by atoms with Crippen molar-refractivity contribution >= 4 is 17.7 Å². The maximum Gasteiger partial charge on any atom is 0.337 e. The van der Waals surface area contributed by atoms with Crippen LogP contribution in [0.5, 0.6) is 11.5 Å². The zero-order chi connectivity index (χ0) is 26.7. The molecule has 2 atom stereocenters. The van der Waals surface area contributed by atoms with E-state index in [0.717, 1.165) is 11.3 Å². The van der Waals surface area contributed by atoms with E-state index in [4.69, 9.17) is 14.2 Å². The summed E-state index contributed by atoms with van der Waals surface area (Å²) in [5.74, 6) is -0.900. The second kappa shape index (κ2) is 11.0. The van der Waals surface area contributed by atoms with Crippen molar-refractivity contribution in [3.63, 3.8) is 0 Å². The van der Waals surface area contributed by atoms with Crippen LogP contribution in [-0.4, -0.2) is 30.4 Å². The van der Waals surface area contributed by atoms with Gasteiger partial charge >= 0.3 is 11.9 Å². The van der Waals surface area contributed by atoms with Crippen molar-refractivity contribution in [1.82, 2.24) is 5.32 Å². The Bertz CT molecular complexity index is 1270. The summed E-state index contributed by atoms with van der Waals surface area (Å²) in [6, 6.07) is 15.2. The maximum absolute atomic E-state index is 13.7. The Balaban J connectivity index is 1.83. The molecule has 2 aromatic carbocycles. The summed E-state index contributed by atoms with van der Waals surface area (Å²) in [4.78, 5) is 38.7. The van der Waals surface area contributed by atoms with E-state index in [0.29, 0.717) is 47.6 Å². The van der Waals surface area contributed by atoms with Gasteiger partial charge < -0.3 is 19.5 Å². The van der Waals surface area contributed by atoms with Crippen molar-refractivity contribution in [3.05, 3.63) is 82.2 Å². The van der Waals surface area contributed by atoms with Crippen molar-refractivity contribution in [2.75, 3.05) is 6.61 Å². The average Bonchev–Trinajstić information content (AvgIpc) is 2.84. The number of benzene rings is 2. The molecule has 1 N–H and O–H groups in total. The van der Waals surface area contributed by atoms with Crippen LogP contribution in [-0.2, 0) is 19.1 Å². The summed E-state index contributed by atoms with van der Waals surface area (Å²) in [6.07, 6.45) is 0.671. The molecule has 0 saturated heterocycles. The molecule has 7 heteroatoms. The lowest BCUT2D eigenvalue weighted by Crippen LogP contribution is -2.36. The van der Waals surface area contributed by atoms with Crippen LogP contribution < -0.4 is 14.8 Å². The lowest BCUT2D eigenvalue weighted by atomic mass is 9.71. The number of carbonyl (C=O) groups is 3. The van der Waals surface area contributed by atoms with Crippen molar-refractivity contribution < 1.29 is 28.6 Å². The molecule has 1 aliphatic heterocycles. The Morgan fingerprint density at radius 2 is 1.76 bits per heavy atom. The molecule has 2 aliphatic rings. The molecule has 0 fully saturated rings. The summed E-state index contributed by atoms with van der Waals surface area (Å²) in [5.41, 5.74) is 4.22. The SMILES string of the molecule is CCOc1cc([C@@H]2C(C(=O)OC(C)C)=C(C)NC3=C2C(=O)C[C@@H](c2ccccc2)C3)ccc1OC(C)=O. The number of hydrogen-bond donors (Lipinski definition) is 1. The van der Waals surface area contributed by atoms with Crippen LogP contribution in [0.15, 0.2) is 71.1 Å². The molecule has 0 unspecified atom stereocenters. The number of carbonyl (C=O) groups excluding carboxylic acids is 3. The highest BCUT2D eigenvalue weighted by Gasteiger charge is 2.41. The van der Waals surface area contributed by atoms with Gasteiger partial charge in [-0.3, -0.25) is 9.59 Å². The lowest BCUT2D eigenvalue weighted by molar-refractivity contribution is -0.143. The van der Waals surface area contributed by atoms with E-state index in [1.54, 1.807) is 32.0 Å². The van der Waals surface area contributed by atoms with Gasteiger partial charge in [-0.1, -0.05) is 36.4 Å². The summed E-state index contributed by atoms with van der Waals surface area (Å²) in [5, 5.41) is 3.37. The summed E-state index contributed by atoms with van der Waals surface area (Å²) in [7, 11) is 0. The molecular formula is C30H33NO6. The molecule has 0 radical (unpaired) electrons. The minimum atomic E-state index is -0.641. The molecule has 0 amide bonds. The zero-order valence-electron chi connectivity index (χ0n) is 21.9. The average molecular weight is 504 g/mol. The molecule has 0 spiro atoms. The highest BCUT2D eigenvalue weighted by Crippen LogP contribution is 2.47. The van der Waals surface area contributed by atoms with E-state index in [1.807, 2.05) is 44.2 Å². The maximum atomic E-state index is 13.7. The zero-order valence-corrected chi connectivity index (χ0v) is 21.9. The van der Waals surface area contributed by atoms with Gasteiger partial charge in [0.15, 0.2) is 17.3 Å². The number of Topliss-reactive ketones (excluding diaryl/α,β-unsaturated/α-hetero) is 1. The van der Waals surface area contributed by atoms with Crippen molar-refractivity contribution in [2.24, 2.45) is 0 Å². The summed E-state index contributed by atoms with van der Waals surface area (Å²) >= 11 is 0. The topological polar surface area (TPSA) is 90.9 Å². The van der Waals surface area contributed by atoms with Gasteiger partial charge in [-0.05, 0) is 63.3 Å². The predicted molar refractivity (Wildman–Crippen MR) is 139 cm³/mol. The third-order valence-electron chi connectivity index (χ3n) is 6.52. The van der Waals surface area contributed by atoms with Gasteiger partial charge in [0.25, 0.3) is 0 Å². The summed E-state index contributed by atoms with van der Waals surface area (Å²) < 4.78 is 16.7. The van der Waals surface area contributed by atoms with Gasteiger partial charge in [0, 0.05) is 36.2 Å². The Hall–Kier alpha value is -3.87. The van der Waals surface area contributed by atoms with Crippen molar-refractivity contribution in [2.45, 2.75) is 65.4 Å². The molecule has 2 aromatic rings. The second-order valence-electron chi connectivity index (χ2n) is 9.61. The van der Waals surface area contributed by atoms with Crippen LogP contribution >= 0.6 is 0 Å². The van der Waals surface area contributed by atoms with E-state index in [-0.39, 0.29) is 23.6 Å². The Morgan fingerprint density at radius 1 is 1.03 bits per heavy atom. The predicted octanol–water partition coefficient (Wildman–Crippen LogP) is 5.32. The Morgan fingerprint density at radius 3 is 2.41 bits per heavy atom. The van der Waals surface area contributed by atoms with E-state index < -0.39 is 17.9 Å². The molecule has 0 bridgehead atoms. The number of allylic oxidation sites excluding steroid dienone is 3. The van der Waals surface area contributed by atoms with Gasteiger partial charge in [0.2, 0.25) is 0 Å². The van der Waals surface area contributed by atoms with Crippen LogP contribution in [0.3, 0.4) is 0 Å². The smallest absolute Gasteiger partial charge is 0.337 e. The first-order valence-electron chi connectivity index (χ1n) is 12.6. The third kappa shape index (κ3) is 5.61. The van der Waals surface area contributed by atoms with Gasteiger partial charge in [-0.2, -0.15) is 0 Å².